The number of rotatable bonds is 5. The molecule has 1 aromatic rings. The summed E-state index contributed by atoms with van der Waals surface area (Å²) in [5.74, 6) is 0.762. The van der Waals surface area contributed by atoms with E-state index in [0.717, 1.165) is 32.7 Å². The summed E-state index contributed by atoms with van der Waals surface area (Å²) in [7, 11) is 3.09. The molecule has 2 aliphatic heterocycles. The Kier molecular flexibility index (Phi) is 5.24. The summed E-state index contributed by atoms with van der Waals surface area (Å²) in [6.45, 7) is 6.64. The number of methoxy groups -OCH3 is 2. The average molecular weight is 347 g/mol. The van der Waals surface area contributed by atoms with Crippen LogP contribution in [0.2, 0.25) is 0 Å². The zero-order valence-corrected chi connectivity index (χ0v) is 15.0. The smallest absolute Gasteiger partial charge is 0.251 e. The number of ether oxygens (including phenoxy) is 2. The van der Waals surface area contributed by atoms with Crippen LogP contribution in [0.15, 0.2) is 18.2 Å². The SMILES string of the molecule is CCN1CCN([C@H]2CC(=O)N(c3cc(OC)cc(OC)c3)C2=O)CC1. The molecule has 7 nitrogen and oxygen atoms in total. The lowest BCUT2D eigenvalue weighted by Crippen LogP contribution is -2.52. The Morgan fingerprint density at radius 1 is 1.00 bits per heavy atom. The van der Waals surface area contributed by atoms with Crippen molar-refractivity contribution < 1.29 is 19.1 Å². The van der Waals surface area contributed by atoms with Crippen LogP contribution in [-0.2, 0) is 9.59 Å². The van der Waals surface area contributed by atoms with Gasteiger partial charge in [-0.15, -0.1) is 0 Å². The molecule has 1 atom stereocenters. The molecule has 0 aromatic heterocycles. The number of amides is 2. The summed E-state index contributed by atoms with van der Waals surface area (Å²) in [6, 6.07) is 4.73. The van der Waals surface area contributed by atoms with E-state index < -0.39 is 0 Å². The van der Waals surface area contributed by atoms with Crippen molar-refractivity contribution in [3.05, 3.63) is 18.2 Å². The van der Waals surface area contributed by atoms with Crippen LogP contribution >= 0.6 is 0 Å². The largest absolute Gasteiger partial charge is 0.497 e. The Balaban J connectivity index is 1.80. The van der Waals surface area contributed by atoms with Crippen molar-refractivity contribution in [2.75, 3.05) is 51.8 Å². The lowest BCUT2D eigenvalue weighted by Gasteiger charge is -2.36. The van der Waals surface area contributed by atoms with Gasteiger partial charge in [0, 0.05) is 44.4 Å². The number of hydrogen-bond donors (Lipinski definition) is 0. The monoisotopic (exact) mass is 347 g/mol. The van der Waals surface area contributed by atoms with Crippen molar-refractivity contribution in [2.45, 2.75) is 19.4 Å². The normalized spacial score (nSPS) is 22.5. The summed E-state index contributed by atoms with van der Waals surface area (Å²) in [5.41, 5.74) is 0.501. The van der Waals surface area contributed by atoms with Gasteiger partial charge in [0.2, 0.25) is 5.91 Å². The molecule has 0 radical (unpaired) electrons. The van der Waals surface area contributed by atoms with Crippen molar-refractivity contribution in [2.24, 2.45) is 0 Å². The van der Waals surface area contributed by atoms with Crippen molar-refractivity contribution in [1.29, 1.82) is 0 Å². The molecule has 2 heterocycles. The summed E-state index contributed by atoms with van der Waals surface area (Å²) in [6.07, 6.45) is 0.227. The second kappa shape index (κ2) is 7.41. The molecule has 0 bridgehead atoms. The minimum atomic E-state index is -0.372. The fraction of sp³-hybridized carbons (Fsp3) is 0.556. The van der Waals surface area contributed by atoms with Crippen LogP contribution in [0.5, 0.6) is 11.5 Å². The van der Waals surface area contributed by atoms with Crippen molar-refractivity contribution in [3.8, 4) is 11.5 Å². The number of anilines is 1. The van der Waals surface area contributed by atoms with Crippen molar-refractivity contribution >= 4 is 17.5 Å². The first-order valence-electron chi connectivity index (χ1n) is 8.63. The van der Waals surface area contributed by atoms with Gasteiger partial charge in [-0.25, -0.2) is 4.90 Å². The van der Waals surface area contributed by atoms with Gasteiger partial charge in [-0.1, -0.05) is 6.92 Å². The van der Waals surface area contributed by atoms with Crippen LogP contribution in [0.25, 0.3) is 0 Å². The Morgan fingerprint density at radius 2 is 1.60 bits per heavy atom. The second-order valence-corrected chi connectivity index (χ2v) is 6.33. The molecule has 136 valence electrons. The van der Waals surface area contributed by atoms with Gasteiger partial charge >= 0.3 is 0 Å². The number of likely N-dealkylation sites (N-methyl/N-ethyl adjacent to an activating group) is 1. The van der Waals surface area contributed by atoms with Crippen LogP contribution < -0.4 is 14.4 Å². The number of nitrogens with zero attached hydrogens (tertiary/aromatic N) is 3. The molecule has 2 amide bonds. The molecular formula is C18H25N3O4. The molecule has 2 fully saturated rings. The number of carbonyl (C=O) groups is 2. The number of hydrogen-bond acceptors (Lipinski definition) is 6. The molecule has 0 N–H and O–H groups in total. The quantitative estimate of drug-likeness (QED) is 0.740. The minimum Gasteiger partial charge on any atom is -0.497 e. The molecule has 7 heteroatoms. The van der Waals surface area contributed by atoms with Crippen molar-refractivity contribution in [3.63, 3.8) is 0 Å². The number of imide groups is 1. The molecule has 1 aromatic carbocycles. The van der Waals surface area contributed by atoms with Crippen molar-refractivity contribution in [1.82, 2.24) is 9.80 Å². The zero-order valence-electron chi connectivity index (χ0n) is 15.0. The maximum Gasteiger partial charge on any atom is 0.251 e. The van der Waals surface area contributed by atoms with Gasteiger partial charge < -0.3 is 14.4 Å². The number of carbonyl (C=O) groups excluding carboxylic acids is 2. The number of benzene rings is 1. The first-order chi connectivity index (χ1) is 12.1. The van der Waals surface area contributed by atoms with Gasteiger partial charge in [0.15, 0.2) is 0 Å². The third-order valence-electron chi connectivity index (χ3n) is 5.01. The van der Waals surface area contributed by atoms with Crippen LogP contribution in [0.1, 0.15) is 13.3 Å². The lowest BCUT2D eigenvalue weighted by molar-refractivity contribution is -0.123. The Labute approximate surface area is 148 Å². The topological polar surface area (TPSA) is 62.3 Å². The van der Waals surface area contributed by atoms with E-state index in [2.05, 4.69) is 16.7 Å². The first kappa shape index (κ1) is 17.7. The molecule has 2 saturated heterocycles. The molecule has 3 rings (SSSR count). The van der Waals surface area contributed by atoms with E-state index in [1.54, 1.807) is 32.4 Å². The summed E-state index contributed by atoms with van der Waals surface area (Å²) < 4.78 is 10.5. The van der Waals surface area contributed by atoms with E-state index in [4.69, 9.17) is 9.47 Å². The van der Waals surface area contributed by atoms with Gasteiger partial charge in [0.25, 0.3) is 5.91 Å². The highest BCUT2D eigenvalue weighted by molar-refractivity contribution is 6.22. The van der Waals surface area contributed by atoms with E-state index in [1.807, 2.05) is 0 Å². The van der Waals surface area contributed by atoms with Gasteiger partial charge in [-0.05, 0) is 6.54 Å². The van der Waals surface area contributed by atoms with E-state index in [0.29, 0.717) is 17.2 Å². The van der Waals surface area contributed by atoms with E-state index >= 15 is 0 Å². The fourth-order valence-electron chi connectivity index (χ4n) is 3.49. The molecule has 0 spiro atoms. The zero-order chi connectivity index (χ0) is 18.0. The second-order valence-electron chi connectivity index (χ2n) is 6.33. The Morgan fingerprint density at radius 3 is 2.12 bits per heavy atom. The molecule has 2 aliphatic rings. The fourth-order valence-corrected chi connectivity index (χ4v) is 3.49. The highest BCUT2D eigenvalue weighted by atomic mass is 16.5. The average Bonchev–Trinajstić information content (AvgIpc) is 2.95. The highest BCUT2D eigenvalue weighted by Gasteiger charge is 2.43. The summed E-state index contributed by atoms with van der Waals surface area (Å²) >= 11 is 0. The Hall–Kier alpha value is -2.12. The minimum absolute atomic E-state index is 0.162. The molecule has 25 heavy (non-hydrogen) atoms. The van der Waals surface area contributed by atoms with Crippen LogP contribution in [-0.4, -0.2) is 74.6 Å². The maximum atomic E-state index is 12.9. The summed E-state index contributed by atoms with van der Waals surface area (Å²) in [4.78, 5) is 31.2. The number of piperazine rings is 1. The third-order valence-corrected chi connectivity index (χ3v) is 5.01. The van der Waals surface area contributed by atoms with Gasteiger partial charge in [0.1, 0.15) is 11.5 Å². The van der Waals surface area contributed by atoms with Crippen LogP contribution in [0.4, 0.5) is 5.69 Å². The standard InChI is InChI=1S/C18H25N3O4/c1-4-19-5-7-20(8-6-19)16-12-17(22)21(18(16)23)13-9-14(24-2)11-15(10-13)25-3/h9-11,16H,4-8,12H2,1-3H3/t16-/m0/s1. The predicted molar refractivity (Wildman–Crippen MR) is 94.1 cm³/mol. The lowest BCUT2D eigenvalue weighted by atomic mass is 10.1. The van der Waals surface area contributed by atoms with Gasteiger partial charge in [0.05, 0.1) is 32.4 Å². The summed E-state index contributed by atoms with van der Waals surface area (Å²) in [5, 5.41) is 0. The first-order valence-corrected chi connectivity index (χ1v) is 8.63. The van der Waals surface area contributed by atoms with E-state index in [-0.39, 0.29) is 24.3 Å². The Bertz CT molecular complexity index is 633. The third kappa shape index (κ3) is 3.48. The van der Waals surface area contributed by atoms with Crippen LogP contribution in [0, 0.1) is 0 Å². The van der Waals surface area contributed by atoms with E-state index in [9.17, 15) is 9.59 Å². The molecular weight excluding hydrogens is 322 g/mol. The van der Waals surface area contributed by atoms with Crippen LogP contribution in [0.3, 0.4) is 0 Å². The van der Waals surface area contributed by atoms with E-state index in [1.165, 1.54) is 4.90 Å². The molecule has 0 saturated carbocycles. The predicted octanol–water partition coefficient (Wildman–Crippen LogP) is 0.973. The van der Waals surface area contributed by atoms with Gasteiger partial charge in [-0.2, -0.15) is 0 Å². The molecule has 0 unspecified atom stereocenters. The van der Waals surface area contributed by atoms with Gasteiger partial charge in [-0.3, -0.25) is 14.5 Å². The maximum absolute atomic E-state index is 12.9. The molecule has 0 aliphatic carbocycles. The highest BCUT2D eigenvalue weighted by Crippen LogP contribution is 2.32.